The highest BCUT2D eigenvalue weighted by atomic mass is 16.5. The van der Waals surface area contributed by atoms with Gasteiger partial charge in [0, 0.05) is 20.3 Å². The first kappa shape index (κ1) is 15.0. The van der Waals surface area contributed by atoms with Crippen LogP contribution in [-0.4, -0.2) is 37.2 Å². The van der Waals surface area contributed by atoms with E-state index < -0.39 is 11.8 Å². The predicted octanol–water partition coefficient (Wildman–Crippen LogP) is 0.792. The molecule has 6 nitrogen and oxygen atoms in total. The fourth-order valence-corrected chi connectivity index (χ4v) is 1.43. The first-order valence-electron chi connectivity index (χ1n) is 5.92. The maximum Gasteiger partial charge on any atom is 0.313 e. The highest BCUT2D eigenvalue weighted by molar-refractivity contribution is 6.39. The van der Waals surface area contributed by atoms with Gasteiger partial charge in [-0.25, -0.2) is 0 Å². The number of ether oxygens (including phenoxy) is 1. The number of methoxy groups -OCH3 is 1. The Labute approximate surface area is 111 Å². The zero-order chi connectivity index (χ0) is 14.3. The fourth-order valence-electron chi connectivity index (χ4n) is 1.43. The van der Waals surface area contributed by atoms with Crippen LogP contribution in [0.15, 0.2) is 18.2 Å². The SMILES string of the molecule is COCCCNC(=O)C(=O)Nc1cc(C)ccc1O. The Kier molecular flexibility index (Phi) is 5.81. The van der Waals surface area contributed by atoms with Crippen molar-refractivity contribution in [1.29, 1.82) is 0 Å². The number of benzene rings is 1. The van der Waals surface area contributed by atoms with Gasteiger partial charge in [0.1, 0.15) is 5.75 Å². The van der Waals surface area contributed by atoms with E-state index >= 15 is 0 Å². The summed E-state index contributed by atoms with van der Waals surface area (Å²) < 4.78 is 4.82. The molecule has 0 aliphatic heterocycles. The van der Waals surface area contributed by atoms with Crippen molar-refractivity contribution in [3.05, 3.63) is 23.8 Å². The lowest BCUT2D eigenvalue weighted by molar-refractivity contribution is -0.136. The molecular formula is C13H18N2O4. The quantitative estimate of drug-likeness (QED) is 0.418. The summed E-state index contributed by atoms with van der Waals surface area (Å²) in [6.07, 6.45) is 0.630. The van der Waals surface area contributed by atoms with E-state index in [1.54, 1.807) is 19.2 Å². The van der Waals surface area contributed by atoms with Gasteiger partial charge in [-0.2, -0.15) is 0 Å². The first-order valence-corrected chi connectivity index (χ1v) is 5.92. The van der Waals surface area contributed by atoms with Crippen LogP contribution in [0.1, 0.15) is 12.0 Å². The minimum Gasteiger partial charge on any atom is -0.506 e. The molecule has 3 N–H and O–H groups in total. The second-order valence-corrected chi connectivity index (χ2v) is 4.08. The molecule has 104 valence electrons. The summed E-state index contributed by atoms with van der Waals surface area (Å²) >= 11 is 0. The Morgan fingerprint density at radius 2 is 2.05 bits per heavy atom. The van der Waals surface area contributed by atoms with Gasteiger partial charge in [-0.05, 0) is 31.0 Å². The Hall–Kier alpha value is -2.08. The van der Waals surface area contributed by atoms with Gasteiger partial charge in [-0.1, -0.05) is 6.07 Å². The molecule has 0 unspecified atom stereocenters. The topological polar surface area (TPSA) is 87.7 Å². The number of anilines is 1. The molecule has 0 atom stereocenters. The monoisotopic (exact) mass is 266 g/mol. The van der Waals surface area contributed by atoms with Gasteiger partial charge in [-0.15, -0.1) is 0 Å². The molecule has 2 amide bonds. The Balaban J connectivity index is 2.49. The van der Waals surface area contributed by atoms with E-state index in [1.807, 2.05) is 6.92 Å². The average molecular weight is 266 g/mol. The predicted molar refractivity (Wildman–Crippen MR) is 71.0 cm³/mol. The van der Waals surface area contributed by atoms with Crippen LogP contribution in [0.3, 0.4) is 0 Å². The van der Waals surface area contributed by atoms with E-state index in [-0.39, 0.29) is 11.4 Å². The van der Waals surface area contributed by atoms with Crippen molar-refractivity contribution in [3.63, 3.8) is 0 Å². The number of aryl methyl sites for hydroxylation is 1. The first-order chi connectivity index (χ1) is 9.04. The zero-order valence-electron chi connectivity index (χ0n) is 11.0. The number of carbonyl (C=O) groups is 2. The zero-order valence-corrected chi connectivity index (χ0v) is 11.0. The van der Waals surface area contributed by atoms with Crippen molar-refractivity contribution in [3.8, 4) is 5.75 Å². The van der Waals surface area contributed by atoms with Crippen LogP contribution in [0.4, 0.5) is 5.69 Å². The highest BCUT2D eigenvalue weighted by Crippen LogP contribution is 2.23. The van der Waals surface area contributed by atoms with Crippen LogP contribution in [0.2, 0.25) is 0 Å². The van der Waals surface area contributed by atoms with Gasteiger partial charge >= 0.3 is 11.8 Å². The molecule has 1 rings (SSSR count). The lowest BCUT2D eigenvalue weighted by Gasteiger charge is -2.08. The number of hydrogen-bond donors (Lipinski definition) is 3. The van der Waals surface area contributed by atoms with E-state index in [4.69, 9.17) is 4.74 Å². The second-order valence-electron chi connectivity index (χ2n) is 4.08. The third-order valence-corrected chi connectivity index (χ3v) is 2.42. The van der Waals surface area contributed by atoms with E-state index in [0.29, 0.717) is 19.6 Å². The van der Waals surface area contributed by atoms with Gasteiger partial charge in [0.25, 0.3) is 0 Å². The van der Waals surface area contributed by atoms with Gasteiger partial charge < -0.3 is 20.5 Å². The molecule has 0 aromatic heterocycles. The largest absolute Gasteiger partial charge is 0.506 e. The second kappa shape index (κ2) is 7.38. The molecule has 1 aromatic carbocycles. The van der Waals surface area contributed by atoms with Crippen molar-refractivity contribution in [2.24, 2.45) is 0 Å². The van der Waals surface area contributed by atoms with Crippen molar-refractivity contribution in [2.75, 3.05) is 25.6 Å². The number of nitrogens with one attached hydrogen (secondary N) is 2. The van der Waals surface area contributed by atoms with Crippen LogP contribution in [0.5, 0.6) is 5.75 Å². The molecule has 0 radical (unpaired) electrons. The summed E-state index contributed by atoms with van der Waals surface area (Å²) in [5, 5.41) is 14.4. The highest BCUT2D eigenvalue weighted by Gasteiger charge is 2.14. The number of amides is 2. The number of hydrogen-bond acceptors (Lipinski definition) is 4. The van der Waals surface area contributed by atoms with Gasteiger partial charge in [0.15, 0.2) is 0 Å². The Morgan fingerprint density at radius 1 is 1.32 bits per heavy atom. The molecule has 0 saturated heterocycles. The molecule has 0 heterocycles. The molecule has 0 saturated carbocycles. The number of phenolic OH excluding ortho intramolecular Hbond substituents is 1. The molecule has 6 heteroatoms. The summed E-state index contributed by atoms with van der Waals surface area (Å²) in [6, 6.07) is 4.75. The maximum atomic E-state index is 11.6. The smallest absolute Gasteiger partial charge is 0.313 e. The van der Waals surface area contributed by atoms with Gasteiger partial charge in [0.05, 0.1) is 5.69 Å². The Morgan fingerprint density at radius 3 is 2.74 bits per heavy atom. The van der Waals surface area contributed by atoms with Crippen molar-refractivity contribution >= 4 is 17.5 Å². The molecular weight excluding hydrogens is 248 g/mol. The average Bonchev–Trinajstić information content (AvgIpc) is 2.38. The van der Waals surface area contributed by atoms with E-state index in [0.717, 1.165) is 5.56 Å². The number of carbonyl (C=O) groups excluding carboxylic acids is 2. The van der Waals surface area contributed by atoms with Gasteiger partial charge in [-0.3, -0.25) is 9.59 Å². The number of rotatable bonds is 5. The molecule has 0 aliphatic carbocycles. The summed E-state index contributed by atoms with van der Waals surface area (Å²) in [5.74, 6) is -1.62. The lowest BCUT2D eigenvalue weighted by atomic mass is 10.2. The van der Waals surface area contributed by atoms with Crippen LogP contribution in [0.25, 0.3) is 0 Å². The molecule has 0 fully saturated rings. The van der Waals surface area contributed by atoms with E-state index in [9.17, 15) is 14.7 Å². The molecule has 19 heavy (non-hydrogen) atoms. The lowest BCUT2D eigenvalue weighted by Crippen LogP contribution is -2.36. The molecule has 0 spiro atoms. The van der Waals surface area contributed by atoms with Crippen LogP contribution in [0, 0.1) is 6.92 Å². The minimum atomic E-state index is -0.807. The van der Waals surface area contributed by atoms with Crippen LogP contribution < -0.4 is 10.6 Å². The van der Waals surface area contributed by atoms with E-state index in [1.165, 1.54) is 6.07 Å². The molecule has 1 aromatic rings. The van der Waals surface area contributed by atoms with Crippen molar-refractivity contribution in [2.45, 2.75) is 13.3 Å². The summed E-state index contributed by atoms with van der Waals surface area (Å²) in [6.45, 7) is 2.69. The minimum absolute atomic E-state index is 0.0777. The van der Waals surface area contributed by atoms with Crippen LogP contribution >= 0.6 is 0 Å². The number of aromatic hydroxyl groups is 1. The van der Waals surface area contributed by atoms with Crippen LogP contribution in [-0.2, 0) is 14.3 Å². The van der Waals surface area contributed by atoms with Crippen molar-refractivity contribution < 1.29 is 19.4 Å². The van der Waals surface area contributed by atoms with E-state index in [2.05, 4.69) is 10.6 Å². The standard InChI is InChI=1S/C13H18N2O4/c1-9-4-5-11(16)10(8-9)15-13(18)12(17)14-6-3-7-19-2/h4-5,8,16H,3,6-7H2,1-2H3,(H,14,17)(H,15,18). The van der Waals surface area contributed by atoms with Crippen molar-refractivity contribution in [1.82, 2.24) is 5.32 Å². The summed E-state index contributed by atoms with van der Waals surface area (Å²) in [4.78, 5) is 23.0. The number of phenols is 1. The normalized spacial score (nSPS) is 10.0. The maximum absolute atomic E-state index is 11.6. The third kappa shape index (κ3) is 4.97. The van der Waals surface area contributed by atoms with Gasteiger partial charge in [0.2, 0.25) is 0 Å². The molecule has 0 aliphatic rings. The third-order valence-electron chi connectivity index (χ3n) is 2.42. The molecule has 0 bridgehead atoms. The Bertz CT molecular complexity index is 460. The summed E-state index contributed by atoms with van der Waals surface area (Å²) in [5.41, 5.74) is 1.09. The summed E-state index contributed by atoms with van der Waals surface area (Å²) in [7, 11) is 1.56. The fraction of sp³-hybridized carbons (Fsp3) is 0.385.